The van der Waals surface area contributed by atoms with Crippen LogP contribution < -0.4 is 0 Å². The second-order valence-corrected chi connectivity index (χ2v) is 4.87. The second kappa shape index (κ2) is 6.04. The van der Waals surface area contributed by atoms with Crippen LogP contribution in [0.4, 0.5) is 0 Å². The average Bonchev–Trinajstić information content (AvgIpc) is 1.95. The van der Waals surface area contributed by atoms with E-state index in [2.05, 4.69) is 0 Å². The van der Waals surface area contributed by atoms with Crippen molar-refractivity contribution < 1.29 is 28.3 Å². The third-order valence-electron chi connectivity index (χ3n) is 1.16. The van der Waals surface area contributed by atoms with Gasteiger partial charge in [-0.2, -0.15) is 0 Å². The minimum atomic E-state index is -2.62. The maximum Gasteiger partial charge on any atom is 0.324 e. The molecule has 13 heavy (non-hydrogen) atoms. The molecule has 0 atom stereocenters. The molecule has 0 aromatic carbocycles. The molecule has 1 heterocycles. The standard InChI is InChI=1S/C5H11O3P.H3O3P/c1-5(2)3-7-9(6)8-4-5;1-4(2)3/h9H,3-4H2,1-2H3;1-3H. The second-order valence-electron chi connectivity index (χ2n) is 3.26. The molecule has 1 fully saturated rings. The summed E-state index contributed by atoms with van der Waals surface area (Å²) in [6.07, 6.45) is 0. The summed E-state index contributed by atoms with van der Waals surface area (Å²) >= 11 is 0. The van der Waals surface area contributed by atoms with E-state index < -0.39 is 16.9 Å². The van der Waals surface area contributed by atoms with Crippen LogP contribution in [-0.2, 0) is 13.6 Å². The van der Waals surface area contributed by atoms with Crippen LogP contribution in [0.2, 0.25) is 0 Å². The van der Waals surface area contributed by atoms with Gasteiger partial charge in [0.1, 0.15) is 0 Å². The first-order chi connectivity index (χ1) is 5.83. The van der Waals surface area contributed by atoms with Crippen molar-refractivity contribution in [3.8, 4) is 0 Å². The molecule has 0 saturated carbocycles. The van der Waals surface area contributed by atoms with Gasteiger partial charge >= 0.3 is 16.9 Å². The van der Waals surface area contributed by atoms with Crippen molar-refractivity contribution in [3.05, 3.63) is 0 Å². The molecular weight excluding hydrogens is 218 g/mol. The molecule has 1 rings (SSSR count). The Bertz CT molecular complexity index is 156. The van der Waals surface area contributed by atoms with E-state index in [1.54, 1.807) is 0 Å². The monoisotopic (exact) mass is 232 g/mol. The summed E-state index contributed by atoms with van der Waals surface area (Å²) in [7, 11) is -4.73. The van der Waals surface area contributed by atoms with Gasteiger partial charge in [-0.3, -0.25) is 4.57 Å². The molecule has 0 unspecified atom stereocenters. The molecule has 1 aliphatic heterocycles. The first-order valence-electron chi connectivity index (χ1n) is 3.50. The highest BCUT2D eigenvalue weighted by Crippen LogP contribution is 2.35. The third-order valence-corrected chi connectivity index (χ3v) is 1.92. The summed E-state index contributed by atoms with van der Waals surface area (Å²) in [6.45, 7) is 5.12. The Morgan fingerprint density at radius 3 is 1.77 bits per heavy atom. The number of rotatable bonds is 0. The van der Waals surface area contributed by atoms with Crippen molar-refractivity contribution in [1.82, 2.24) is 0 Å². The molecule has 0 amide bonds. The van der Waals surface area contributed by atoms with Crippen LogP contribution in [0.3, 0.4) is 0 Å². The zero-order chi connectivity index (χ0) is 10.5. The molecule has 0 aromatic heterocycles. The lowest BCUT2D eigenvalue weighted by molar-refractivity contribution is 0.0537. The van der Waals surface area contributed by atoms with E-state index in [9.17, 15) is 4.57 Å². The Kier molecular flexibility index (Phi) is 6.25. The molecular formula is C5H14O6P2. The van der Waals surface area contributed by atoms with Gasteiger partial charge in [0.25, 0.3) is 0 Å². The molecule has 80 valence electrons. The maximum absolute atomic E-state index is 10.5. The Labute approximate surface area is 78.4 Å². The lowest BCUT2D eigenvalue weighted by Crippen LogP contribution is -2.26. The Balaban J connectivity index is 0.000000310. The quantitative estimate of drug-likeness (QED) is 0.530. The Hall–Kier alpha value is 0.460. The minimum absolute atomic E-state index is 0.0403. The molecule has 8 heteroatoms. The van der Waals surface area contributed by atoms with Crippen LogP contribution in [0.5, 0.6) is 0 Å². The van der Waals surface area contributed by atoms with Gasteiger partial charge in [0.2, 0.25) is 0 Å². The molecule has 0 spiro atoms. The predicted molar refractivity (Wildman–Crippen MR) is 48.3 cm³/mol. The van der Waals surface area contributed by atoms with Crippen molar-refractivity contribution in [2.45, 2.75) is 13.8 Å². The lowest BCUT2D eigenvalue weighted by Gasteiger charge is -2.27. The van der Waals surface area contributed by atoms with E-state index in [0.717, 1.165) is 0 Å². The minimum Gasteiger partial charge on any atom is -0.328 e. The van der Waals surface area contributed by atoms with Crippen molar-refractivity contribution in [2.24, 2.45) is 5.41 Å². The van der Waals surface area contributed by atoms with Gasteiger partial charge in [0.15, 0.2) is 0 Å². The van der Waals surface area contributed by atoms with E-state index in [1.165, 1.54) is 0 Å². The van der Waals surface area contributed by atoms with Crippen molar-refractivity contribution in [1.29, 1.82) is 0 Å². The fourth-order valence-corrected chi connectivity index (χ4v) is 1.69. The molecule has 1 aliphatic rings. The molecule has 1 saturated heterocycles. The van der Waals surface area contributed by atoms with Crippen LogP contribution in [0, 0.1) is 5.41 Å². The molecule has 0 bridgehead atoms. The smallest absolute Gasteiger partial charge is 0.324 e. The van der Waals surface area contributed by atoms with Gasteiger partial charge in [-0.05, 0) is 0 Å². The van der Waals surface area contributed by atoms with Gasteiger partial charge in [0.05, 0.1) is 13.2 Å². The fourth-order valence-electron chi connectivity index (χ4n) is 0.592. The highest BCUT2D eigenvalue weighted by Gasteiger charge is 2.25. The summed E-state index contributed by atoms with van der Waals surface area (Å²) in [6, 6.07) is 0. The molecule has 0 radical (unpaired) electrons. The van der Waals surface area contributed by atoms with E-state index in [1.807, 2.05) is 13.8 Å². The zero-order valence-electron chi connectivity index (χ0n) is 7.43. The van der Waals surface area contributed by atoms with Crippen LogP contribution in [0.15, 0.2) is 0 Å². The van der Waals surface area contributed by atoms with Gasteiger partial charge < -0.3 is 23.7 Å². The maximum atomic E-state index is 10.5. The first kappa shape index (κ1) is 13.5. The largest absolute Gasteiger partial charge is 0.328 e. The van der Waals surface area contributed by atoms with Crippen LogP contribution in [0.1, 0.15) is 13.8 Å². The van der Waals surface area contributed by atoms with Gasteiger partial charge in [-0.15, -0.1) is 0 Å². The van der Waals surface area contributed by atoms with Crippen LogP contribution in [0.25, 0.3) is 0 Å². The Morgan fingerprint density at radius 1 is 1.23 bits per heavy atom. The van der Waals surface area contributed by atoms with Gasteiger partial charge in [0, 0.05) is 5.41 Å². The summed E-state index contributed by atoms with van der Waals surface area (Å²) < 4.78 is 20.1. The topological polar surface area (TPSA) is 96.2 Å². The van der Waals surface area contributed by atoms with Crippen molar-refractivity contribution in [3.63, 3.8) is 0 Å². The predicted octanol–water partition coefficient (Wildman–Crippen LogP) is 0.639. The van der Waals surface area contributed by atoms with Crippen molar-refractivity contribution in [2.75, 3.05) is 13.2 Å². The SMILES string of the molecule is CC1(C)CO[PH](=O)OC1.OP(O)O. The molecule has 0 aliphatic carbocycles. The first-order valence-corrected chi connectivity index (χ1v) is 5.92. The fraction of sp³-hybridized carbons (Fsp3) is 1.00. The van der Waals surface area contributed by atoms with E-state index in [-0.39, 0.29) is 5.41 Å². The van der Waals surface area contributed by atoms with Crippen LogP contribution >= 0.6 is 16.9 Å². The summed E-state index contributed by atoms with van der Waals surface area (Å²) in [5, 5.41) is 0. The van der Waals surface area contributed by atoms with E-state index in [4.69, 9.17) is 23.7 Å². The third kappa shape index (κ3) is 8.78. The van der Waals surface area contributed by atoms with Crippen molar-refractivity contribution >= 4 is 16.9 Å². The highest BCUT2D eigenvalue weighted by molar-refractivity contribution is 7.38. The number of hydrogen-bond acceptors (Lipinski definition) is 6. The molecule has 0 aromatic rings. The van der Waals surface area contributed by atoms with Crippen LogP contribution in [-0.4, -0.2) is 27.9 Å². The number of hydrogen-bond donors (Lipinski definition) is 3. The summed E-state index contributed by atoms with van der Waals surface area (Å²) in [4.78, 5) is 21.7. The zero-order valence-corrected chi connectivity index (χ0v) is 9.32. The summed E-state index contributed by atoms with van der Waals surface area (Å²) in [5.74, 6) is 0. The van der Waals surface area contributed by atoms with E-state index in [0.29, 0.717) is 13.2 Å². The van der Waals surface area contributed by atoms with Gasteiger partial charge in [-0.25, -0.2) is 0 Å². The summed E-state index contributed by atoms with van der Waals surface area (Å²) in [5.41, 5.74) is 0.0403. The lowest BCUT2D eigenvalue weighted by atomic mass is 9.97. The Morgan fingerprint density at radius 2 is 1.54 bits per heavy atom. The molecule has 3 N–H and O–H groups in total. The highest BCUT2D eigenvalue weighted by atomic mass is 31.2. The molecule has 6 nitrogen and oxygen atoms in total. The normalized spacial score (nSPS) is 22.3. The average molecular weight is 232 g/mol. The van der Waals surface area contributed by atoms with Gasteiger partial charge in [-0.1, -0.05) is 13.8 Å². The van der Waals surface area contributed by atoms with E-state index >= 15 is 0 Å².